The summed E-state index contributed by atoms with van der Waals surface area (Å²) >= 11 is 12.0. The van der Waals surface area contributed by atoms with Crippen LogP contribution in [0.15, 0.2) is 12.1 Å². The molecule has 0 saturated heterocycles. The van der Waals surface area contributed by atoms with Gasteiger partial charge in [0.25, 0.3) is 0 Å². The summed E-state index contributed by atoms with van der Waals surface area (Å²) in [6.45, 7) is 1.90. The number of anilines is 1. The van der Waals surface area contributed by atoms with Crippen LogP contribution in [0.4, 0.5) is 5.95 Å². The number of fused-ring (bicyclic) bond motifs is 1. The Morgan fingerprint density at radius 3 is 2.64 bits per heavy atom. The molecule has 0 atom stereocenters. The molecular formula is C9H7Cl2N3. The lowest BCUT2D eigenvalue weighted by atomic mass is 10.2. The Balaban J connectivity index is 2.95. The molecule has 2 N–H and O–H groups in total. The molecule has 3 nitrogen and oxygen atoms in total. The van der Waals surface area contributed by atoms with Crippen molar-refractivity contribution in [3.8, 4) is 0 Å². The van der Waals surface area contributed by atoms with Gasteiger partial charge in [-0.2, -0.15) is 0 Å². The Bertz CT molecular complexity index is 511. The Kier molecular flexibility index (Phi) is 2.21. The summed E-state index contributed by atoms with van der Waals surface area (Å²) in [5.41, 5.74) is 7.07. The Hall–Kier alpha value is -1.06. The van der Waals surface area contributed by atoms with Gasteiger partial charge in [0.2, 0.25) is 5.95 Å². The number of nitrogen functional groups attached to an aromatic ring is 1. The van der Waals surface area contributed by atoms with Crippen molar-refractivity contribution in [3.05, 3.63) is 27.9 Å². The molecular weight excluding hydrogens is 221 g/mol. The molecule has 0 unspecified atom stereocenters. The number of hydrogen-bond donors (Lipinski definition) is 1. The molecule has 2 aromatic rings. The van der Waals surface area contributed by atoms with Crippen LogP contribution in [0.2, 0.25) is 10.2 Å². The van der Waals surface area contributed by atoms with Gasteiger partial charge in [-0.15, -0.1) is 0 Å². The summed E-state index contributed by atoms with van der Waals surface area (Å²) in [5.74, 6) is 0.155. The molecule has 0 aliphatic rings. The highest BCUT2D eigenvalue weighted by atomic mass is 35.5. The van der Waals surface area contributed by atoms with Crippen LogP contribution in [-0.4, -0.2) is 9.97 Å². The van der Waals surface area contributed by atoms with Gasteiger partial charge in [-0.1, -0.05) is 29.3 Å². The zero-order chi connectivity index (χ0) is 10.3. The van der Waals surface area contributed by atoms with Crippen molar-refractivity contribution in [2.24, 2.45) is 0 Å². The van der Waals surface area contributed by atoms with E-state index in [2.05, 4.69) is 9.97 Å². The van der Waals surface area contributed by atoms with Crippen LogP contribution in [0.25, 0.3) is 10.9 Å². The van der Waals surface area contributed by atoms with Crippen molar-refractivity contribution in [1.29, 1.82) is 0 Å². The fourth-order valence-corrected chi connectivity index (χ4v) is 1.84. The van der Waals surface area contributed by atoms with E-state index in [1.165, 1.54) is 0 Å². The van der Waals surface area contributed by atoms with Crippen LogP contribution >= 0.6 is 23.2 Å². The largest absolute Gasteiger partial charge is 0.368 e. The first-order chi connectivity index (χ1) is 6.59. The molecule has 0 saturated carbocycles. The minimum atomic E-state index is 0.155. The molecule has 0 radical (unpaired) electrons. The normalized spacial score (nSPS) is 10.8. The second kappa shape index (κ2) is 3.26. The number of aromatic nitrogens is 2. The molecule has 1 heterocycles. The second-order valence-corrected chi connectivity index (χ2v) is 3.70. The zero-order valence-corrected chi connectivity index (χ0v) is 8.89. The third-order valence-corrected chi connectivity index (χ3v) is 2.73. The molecule has 1 aromatic heterocycles. The summed E-state index contributed by atoms with van der Waals surface area (Å²) in [4.78, 5) is 7.89. The number of hydrogen-bond acceptors (Lipinski definition) is 3. The standard InChI is InChI=1S/C9H7Cl2N3/c1-4-2-3-5-6(7(4)10)8(11)14-9(12)13-5/h2-3H,1H3,(H2,12,13,14). The van der Waals surface area contributed by atoms with Crippen molar-refractivity contribution in [2.45, 2.75) is 6.92 Å². The van der Waals surface area contributed by atoms with Crippen LogP contribution in [0.5, 0.6) is 0 Å². The first-order valence-corrected chi connectivity index (χ1v) is 4.73. The second-order valence-electron chi connectivity index (χ2n) is 2.96. The molecule has 0 amide bonds. The zero-order valence-electron chi connectivity index (χ0n) is 7.38. The van der Waals surface area contributed by atoms with Gasteiger partial charge in [-0.3, -0.25) is 0 Å². The maximum atomic E-state index is 6.08. The molecule has 0 aliphatic heterocycles. The molecule has 0 bridgehead atoms. The van der Waals surface area contributed by atoms with E-state index in [1.54, 1.807) is 0 Å². The third kappa shape index (κ3) is 1.38. The molecule has 5 heteroatoms. The summed E-state index contributed by atoms with van der Waals surface area (Å²) in [6, 6.07) is 3.69. The number of nitrogens with two attached hydrogens (primary N) is 1. The summed E-state index contributed by atoms with van der Waals surface area (Å²) in [6.07, 6.45) is 0. The first-order valence-electron chi connectivity index (χ1n) is 3.97. The van der Waals surface area contributed by atoms with Gasteiger partial charge >= 0.3 is 0 Å². The van der Waals surface area contributed by atoms with Gasteiger partial charge < -0.3 is 5.73 Å². The van der Waals surface area contributed by atoms with Crippen LogP contribution in [-0.2, 0) is 0 Å². The van der Waals surface area contributed by atoms with Gasteiger partial charge in [0.1, 0.15) is 5.15 Å². The van der Waals surface area contributed by atoms with Crippen molar-refractivity contribution >= 4 is 40.1 Å². The van der Waals surface area contributed by atoms with Crippen LogP contribution < -0.4 is 5.73 Å². The predicted molar refractivity (Wildman–Crippen MR) is 58.7 cm³/mol. The smallest absolute Gasteiger partial charge is 0.222 e. The van der Waals surface area contributed by atoms with E-state index in [-0.39, 0.29) is 5.95 Å². The number of aryl methyl sites for hydroxylation is 1. The van der Waals surface area contributed by atoms with Gasteiger partial charge in [-0.05, 0) is 18.6 Å². The number of halogens is 2. The fourth-order valence-electron chi connectivity index (χ4n) is 1.26. The summed E-state index contributed by atoms with van der Waals surface area (Å²) in [7, 11) is 0. The van der Waals surface area contributed by atoms with Crippen molar-refractivity contribution < 1.29 is 0 Å². The van der Waals surface area contributed by atoms with E-state index in [1.807, 2.05) is 19.1 Å². The molecule has 72 valence electrons. The minimum absolute atomic E-state index is 0.155. The molecule has 1 aromatic carbocycles. The predicted octanol–water partition coefficient (Wildman–Crippen LogP) is 2.83. The highest BCUT2D eigenvalue weighted by Crippen LogP contribution is 2.30. The summed E-state index contributed by atoms with van der Waals surface area (Å²) < 4.78 is 0. The average molecular weight is 228 g/mol. The monoisotopic (exact) mass is 227 g/mol. The van der Waals surface area contributed by atoms with Gasteiger partial charge in [0.15, 0.2) is 0 Å². The van der Waals surface area contributed by atoms with Crippen LogP contribution in [0.3, 0.4) is 0 Å². The Labute approximate surface area is 90.9 Å². The molecule has 2 rings (SSSR count). The van der Waals surface area contributed by atoms with E-state index in [9.17, 15) is 0 Å². The quantitative estimate of drug-likeness (QED) is 0.705. The number of nitrogens with zero attached hydrogens (tertiary/aromatic N) is 2. The molecule has 0 fully saturated rings. The maximum absolute atomic E-state index is 6.08. The number of rotatable bonds is 0. The lowest BCUT2D eigenvalue weighted by Gasteiger charge is -2.04. The van der Waals surface area contributed by atoms with E-state index in [0.29, 0.717) is 21.1 Å². The Morgan fingerprint density at radius 2 is 1.93 bits per heavy atom. The van der Waals surface area contributed by atoms with E-state index < -0.39 is 0 Å². The van der Waals surface area contributed by atoms with E-state index in [4.69, 9.17) is 28.9 Å². The Morgan fingerprint density at radius 1 is 1.21 bits per heavy atom. The highest BCUT2D eigenvalue weighted by Gasteiger charge is 2.09. The SMILES string of the molecule is Cc1ccc2nc(N)nc(Cl)c2c1Cl. The topological polar surface area (TPSA) is 51.8 Å². The van der Waals surface area contributed by atoms with Crippen LogP contribution in [0, 0.1) is 6.92 Å². The third-order valence-electron chi connectivity index (χ3n) is 1.97. The fraction of sp³-hybridized carbons (Fsp3) is 0.111. The van der Waals surface area contributed by atoms with Gasteiger partial charge in [-0.25, -0.2) is 9.97 Å². The molecule has 0 spiro atoms. The first kappa shape index (κ1) is 9.49. The van der Waals surface area contributed by atoms with Crippen molar-refractivity contribution in [1.82, 2.24) is 9.97 Å². The average Bonchev–Trinajstić information content (AvgIpc) is 2.10. The number of benzene rings is 1. The lowest BCUT2D eigenvalue weighted by molar-refractivity contribution is 1.24. The van der Waals surface area contributed by atoms with Gasteiger partial charge in [0.05, 0.1) is 15.9 Å². The maximum Gasteiger partial charge on any atom is 0.222 e. The van der Waals surface area contributed by atoms with E-state index >= 15 is 0 Å². The van der Waals surface area contributed by atoms with Crippen molar-refractivity contribution in [3.63, 3.8) is 0 Å². The van der Waals surface area contributed by atoms with Crippen LogP contribution in [0.1, 0.15) is 5.56 Å². The summed E-state index contributed by atoms with van der Waals surface area (Å²) in [5, 5.41) is 1.52. The highest BCUT2D eigenvalue weighted by molar-refractivity contribution is 6.41. The van der Waals surface area contributed by atoms with Gasteiger partial charge in [0, 0.05) is 0 Å². The van der Waals surface area contributed by atoms with Crippen molar-refractivity contribution in [2.75, 3.05) is 5.73 Å². The minimum Gasteiger partial charge on any atom is -0.368 e. The lowest BCUT2D eigenvalue weighted by Crippen LogP contribution is -1.96. The molecule has 14 heavy (non-hydrogen) atoms. The molecule has 0 aliphatic carbocycles. The van der Waals surface area contributed by atoms with E-state index in [0.717, 1.165) is 5.56 Å².